The van der Waals surface area contributed by atoms with Crippen LogP contribution < -0.4 is 27.6 Å². The molecule has 23 heavy (non-hydrogen) atoms. The molecule has 7 N–H and O–H groups in total. The minimum atomic E-state index is 0.123. The van der Waals surface area contributed by atoms with Crippen LogP contribution in [0.15, 0.2) is 12.3 Å². The van der Waals surface area contributed by atoms with Gasteiger partial charge in [0.1, 0.15) is 5.82 Å². The van der Waals surface area contributed by atoms with E-state index in [-0.39, 0.29) is 11.8 Å². The fraction of sp³-hybridized carbons (Fsp3) is 0.385. The first kappa shape index (κ1) is 15.3. The summed E-state index contributed by atoms with van der Waals surface area (Å²) in [5.74, 6) is 6.42. The van der Waals surface area contributed by atoms with Gasteiger partial charge in [0.05, 0.1) is 36.7 Å². The summed E-state index contributed by atoms with van der Waals surface area (Å²) in [4.78, 5) is 19.1. The van der Waals surface area contributed by atoms with E-state index in [2.05, 4.69) is 30.3 Å². The molecule has 0 bridgehead atoms. The zero-order chi connectivity index (χ0) is 16.2. The van der Waals surface area contributed by atoms with Crippen molar-refractivity contribution < 1.29 is 4.74 Å². The molecule has 0 aliphatic carbocycles. The lowest BCUT2D eigenvalue weighted by molar-refractivity contribution is 0.122. The van der Waals surface area contributed by atoms with E-state index >= 15 is 0 Å². The summed E-state index contributed by atoms with van der Waals surface area (Å²) in [5.41, 5.74) is 16.1. The van der Waals surface area contributed by atoms with Crippen LogP contribution in [0.2, 0.25) is 0 Å². The summed E-state index contributed by atoms with van der Waals surface area (Å²) in [6.07, 6.45) is 1.56. The minimum Gasteiger partial charge on any atom is -0.383 e. The molecule has 10 nitrogen and oxygen atoms in total. The quantitative estimate of drug-likeness (QED) is 0.403. The van der Waals surface area contributed by atoms with Gasteiger partial charge in [-0.05, 0) is 6.07 Å². The second kappa shape index (κ2) is 6.69. The first-order valence-electron chi connectivity index (χ1n) is 7.20. The zero-order valence-corrected chi connectivity index (χ0v) is 12.6. The van der Waals surface area contributed by atoms with E-state index in [1.807, 2.05) is 0 Å². The normalized spacial score (nSPS) is 14.9. The summed E-state index contributed by atoms with van der Waals surface area (Å²) in [6.45, 7) is 3.15. The van der Waals surface area contributed by atoms with Crippen molar-refractivity contribution in [2.45, 2.75) is 6.54 Å². The maximum absolute atomic E-state index is 5.94. The Morgan fingerprint density at radius 2 is 1.96 bits per heavy atom. The molecule has 0 amide bonds. The number of nitrogens with one attached hydrogen (secondary N) is 1. The summed E-state index contributed by atoms with van der Waals surface area (Å²) in [7, 11) is 0. The molecule has 122 valence electrons. The van der Waals surface area contributed by atoms with Crippen LogP contribution >= 0.6 is 0 Å². The maximum atomic E-state index is 5.94. The minimum absolute atomic E-state index is 0.123. The van der Waals surface area contributed by atoms with Crippen molar-refractivity contribution in [3.63, 3.8) is 0 Å². The smallest absolute Gasteiger partial charge is 0.226 e. The molecule has 10 heteroatoms. The second-order valence-corrected chi connectivity index (χ2v) is 5.05. The van der Waals surface area contributed by atoms with Crippen LogP contribution in [0.1, 0.15) is 5.69 Å². The Kier molecular flexibility index (Phi) is 4.46. The first-order valence-corrected chi connectivity index (χ1v) is 7.20. The van der Waals surface area contributed by atoms with E-state index in [1.165, 1.54) is 0 Å². The topological polar surface area (TPSA) is 154 Å². The number of nitrogen functional groups attached to an aromatic ring is 2. The second-order valence-electron chi connectivity index (χ2n) is 5.05. The lowest BCUT2D eigenvalue weighted by Gasteiger charge is -2.27. The van der Waals surface area contributed by atoms with Gasteiger partial charge >= 0.3 is 0 Å². The Bertz CT molecular complexity index is 687. The summed E-state index contributed by atoms with van der Waals surface area (Å²) in [5, 5.41) is 0. The Morgan fingerprint density at radius 3 is 2.65 bits per heavy atom. The molecule has 3 rings (SSSR count). The van der Waals surface area contributed by atoms with Crippen LogP contribution in [0.4, 0.5) is 17.7 Å². The number of hydrogen-bond acceptors (Lipinski definition) is 10. The van der Waals surface area contributed by atoms with Crippen molar-refractivity contribution in [2.24, 2.45) is 5.84 Å². The van der Waals surface area contributed by atoms with Gasteiger partial charge in [-0.1, -0.05) is 0 Å². The van der Waals surface area contributed by atoms with Gasteiger partial charge in [-0.25, -0.2) is 15.0 Å². The number of morpholine rings is 1. The zero-order valence-electron chi connectivity index (χ0n) is 12.6. The molecule has 1 aliphatic rings. The highest BCUT2D eigenvalue weighted by Crippen LogP contribution is 2.25. The van der Waals surface area contributed by atoms with Crippen LogP contribution in [-0.4, -0.2) is 46.2 Å². The molecule has 3 heterocycles. The number of anilines is 3. The van der Waals surface area contributed by atoms with E-state index < -0.39 is 0 Å². The van der Waals surface area contributed by atoms with Crippen molar-refractivity contribution >= 4 is 17.7 Å². The molecule has 1 aliphatic heterocycles. The largest absolute Gasteiger partial charge is 0.383 e. The standard InChI is InChI=1S/C13H19N9O/c14-11-9(7-17-12(15)21-11)10-5-8(6-18-16)19-13(20-10)22-1-3-23-4-2-22/h5,7,18H,1-4,6,16H2,(H4,14,15,17,21). The molecule has 0 radical (unpaired) electrons. The lowest BCUT2D eigenvalue weighted by atomic mass is 10.2. The molecule has 0 unspecified atom stereocenters. The van der Waals surface area contributed by atoms with Gasteiger partial charge in [0.15, 0.2) is 0 Å². The van der Waals surface area contributed by atoms with Crippen LogP contribution in [0.25, 0.3) is 11.3 Å². The highest BCUT2D eigenvalue weighted by atomic mass is 16.5. The lowest BCUT2D eigenvalue weighted by Crippen LogP contribution is -2.37. The van der Waals surface area contributed by atoms with Gasteiger partial charge < -0.3 is 21.1 Å². The van der Waals surface area contributed by atoms with E-state index in [0.717, 1.165) is 18.8 Å². The predicted octanol–water partition coefficient (Wildman–Crippen LogP) is -1.10. The van der Waals surface area contributed by atoms with Gasteiger partial charge in [-0.3, -0.25) is 11.3 Å². The fourth-order valence-corrected chi connectivity index (χ4v) is 2.33. The third-order valence-electron chi connectivity index (χ3n) is 3.46. The highest BCUT2D eigenvalue weighted by Gasteiger charge is 2.17. The monoisotopic (exact) mass is 317 g/mol. The van der Waals surface area contributed by atoms with Crippen LogP contribution in [-0.2, 0) is 11.3 Å². The fourth-order valence-electron chi connectivity index (χ4n) is 2.33. The molecule has 1 saturated heterocycles. The SMILES string of the molecule is NNCc1cc(-c2cnc(N)nc2N)nc(N2CCOCC2)n1. The van der Waals surface area contributed by atoms with Crippen LogP contribution in [0, 0.1) is 0 Å². The van der Waals surface area contributed by atoms with Gasteiger partial charge in [-0.15, -0.1) is 0 Å². The van der Waals surface area contributed by atoms with Crippen molar-refractivity contribution in [1.29, 1.82) is 0 Å². The van der Waals surface area contributed by atoms with Gasteiger partial charge in [-0.2, -0.15) is 4.98 Å². The highest BCUT2D eigenvalue weighted by molar-refractivity contribution is 5.71. The van der Waals surface area contributed by atoms with Crippen molar-refractivity contribution in [3.8, 4) is 11.3 Å². The molecule has 0 spiro atoms. The molecular weight excluding hydrogens is 298 g/mol. The van der Waals surface area contributed by atoms with Gasteiger partial charge in [0, 0.05) is 19.3 Å². The number of hydrazine groups is 1. The predicted molar refractivity (Wildman–Crippen MR) is 85.9 cm³/mol. The van der Waals surface area contributed by atoms with Crippen LogP contribution in [0.3, 0.4) is 0 Å². The van der Waals surface area contributed by atoms with E-state index in [0.29, 0.717) is 37.0 Å². The molecular formula is C13H19N9O. The van der Waals surface area contributed by atoms with Crippen molar-refractivity contribution in [1.82, 2.24) is 25.4 Å². The molecule has 0 atom stereocenters. The van der Waals surface area contributed by atoms with Crippen LogP contribution in [0.5, 0.6) is 0 Å². The Hall–Kier alpha value is -2.56. The summed E-state index contributed by atoms with van der Waals surface area (Å²) < 4.78 is 5.36. The summed E-state index contributed by atoms with van der Waals surface area (Å²) >= 11 is 0. The van der Waals surface area contributed by atoms with Gasteiger partial charge in [0.2, 0.25) is 11.9 Å². The number of nitrogens with two attached hydrogens (primary N) is 3. The number of ether oxygens (including phenoxy) is 1. The van der Waals surface area contributed by atoms with Gasteiger partial charge in [0.25, 0.3) is 0 Å². The Balaban J connectivity index is 2.02. The molecule has 1 fully saturated rings. The third kappa shape index (κ3) is 3.44. The molecule has 0 aromatic carbocycles. The van der Waals surface area contributed by atoms with Crippen molar-refractivity contribution in [2.75, 3.05) is 42.7 Å². The van der Waals surface area contributed by atoms with Crippen molar-refractivity contribution in [3.05, 3.63) is 18.0 Å². The number of hydrogen-bond donors (Lipinski definition) is 4. The van der Waals surface area contributed by atoms with E-state index in [4.69, 9.17) is 22.0 Å². The molecule has 0 saturated carbocycles. The Labute approximate surface area is 133 Å². The van der Waals surface area contributed by atoms with E-state index in [9.17, 15) is 0 Å². The first-order chi connectivity index (χ1) is 11.2. The number of aromatic nitrogens is 4. The third-order valence-corrected chi connectivity index (χ3v) is 3.46. The summed E-state index contributed by atoms with van der Waals surface area (Å²) in [6, 6.07) is 1.80. The average molecular weight is 317 g/mol. The average Bonchev–Trinajstić information content (AvgIpc) is 2.56. The van der Waals surface area contributed by atoms with E-state index in [1.54, 1.807) is 12.3 Å². The number of nitrogens with zero attached hydrogens (tertiary/aromatic N) is 5. The molecule has 2 aromatic rings. The number of rotatable bonds is 4. The molecule has 2 aromatic heterocycles. The Morgan fingerprint density at radius 1 is 1.17 bits per heavy atom. The maximum Gasteiger partial charge on any atom is 0.226 e.